The Bertz CT molecular complexity index is 810. The molecule has 0 amide bonds. The lowest BCUT2D eigenvalue weighted by atomic mass is 10.0. The van der Waals surface area contributed by atoms with Crippen LogP contribution in [-0.2, 0) is 6.54 Å². The molecule has 0 saturated heterocycles. The van der Waals surface area contributed by atoms with E-state index in [0.717, 1.165) is 17.9 Å². The van der Waals surface area contributed by atoms with Crippen LogP contribution < -0.4 is 0 Å². The highest BCUT2D eigenvalue weighted by Gasteiger charge is 2.16. The van der Waals surface area contributed by atoms with Gasteiger partial charge in [0.15, 0.2) is 0 Å². The third-order valence-corrected chi connectivity index (χ3v) is 4.63. The molecule has 2 aromatic heterocycles. The van der Waals surface area contributed by atoms with Crippen LogP contribution >= 0.6 is 0 Å². The Morgan fingerprint density at radius 1 is 1.17 bits per heavy atom. The van der Waals surface area contributed by atoms with Gasteiger partial charge in [-0.2, -0.15) is 5.10 Å². The highest BCUT2D eigenvalue weighted by molar-refractivity contribution is 5.64. The minimum Gasteiger partial charge on any atom is -0.294 e. The third kappa shape index (κ3) is 3.36. The molecule has 3 aromatic rings. The molecule has 5 heteroatoms. The zero-order valence-corrected chi connectivity index (χ0v) is 14.6. The predicted molar refractivity (Wildman–Crippen MR) is 95.4 cm³/mol. The molecule has 3 rings (SSSR count). The predicted octanol–water partition coefficient (Wildman–Crippen LogP) is 3.68. The number of rotatable bonds is 5. The Morgan fingerprint density at radius 2 is 2.00 bits per heavy atom. The van der Waals surface area contributed by atoms with Crippen molar-refractivity contribution < 1.29 is 0 Å². The zero-order valence-electron chi connectivity index (χ0n) is 14.6. The molecule has 1 atom stereocenters. The van der Waals surface area contributed by atoms with E-state index in [0.29, 0.717) is 0 Å². The van der Waals surface area contributed by atoms with E-state index >= 15 is 0 Å². The fourth-order valence-electron chi connectivity index (χ4n) is 2.76. The summed E-state index contributed by atoms with van der Waals surface area (Å²) < 4.78 is 0. The van der Waals surface area contributed by atoms with E-state index < -0.39 is 0 Å². The molecule has 124 valence electrons. The lowest BCUT2D eigenvalue weighted by Crippen LogP contribution is -2.22. The van der Waals surface area contributed by atoms with Gasteiger partial charge in [-0.3, -0.25) is 10.00 Å². The molecule has 1 aromatic carbocycles. The summed E-state index contributed by atoms with van der Waals surface area (Å²) in [6.07, 6.45) is 5.29. The van der Waals surface area contributed by atoms with Crippen LogP contribution in [-0.4, -0.2) is 32.1 Å². The summed E-state index contributed by atoms with van der Waals surface area (Å²) in [5, 5.41) is 7.41. The van der Waals surface area contributed by atoms with Crippen LogP contribution in [0.1, 0.15) is 35.3 Å². The second-order valence-electron chi connectivity index (χ2n) is 6.29. The van der Waals surface area contributed by atoms with Gasteiger partial charge in [0.2, 0.25) is 0 Å². The van der Waals surface area contributed by atoms with Crippen molar-refractivity contribution in [1.82, 2.24) is 25.1 Å². The Kier molecular flexibility index (Phi) is 4.71. The maximum Gasteiger partial charge on any atom is 0.115 e. The monoisotopic (exact) mass is 321 g/mol. The minimum absolute atomic E-state index is 0.204. The van der Waals surface area contributed by atoms with Crippen molar-refractivity contribution >= 4 is 0 Å². The summed E-state index contributed by atoms with van der Waals surface area (Å²) in [7, 11) is 2.10. The van der Waals surface area contributed by atoms with Gasteiger partial charge in [0.1, 0.15) is 6.33 Å². The average molecular weight is 321 g/mol. The van der Waals surface area contributed by atoms with Crippen molar-refractivity contribution in [3.8, 4) is 11.3 Å². The highest BCUT2D eigenvalue weighted by Crippen LogP contribution is 2.26. The maximum atomic E-state index is 4.35. The van der Waals surface area contributed by atoms with Crippen LogP contribution in [0, 0.1) is 13.8 Å². The lowest BCUT2D eigenvalue weighted by Gasteiger charge is -2.24. The van der Waals surface area contributed by atoms with Crippen molar-refractivity contribution in [3.05, 3.63) is 65.4 Å². The van der Waals surface area contributed by atoms with E-state index in [1.807, 2.05) is 12.3 Å². The first kappa shape index (κ1) is 16.3. The van der Waals surface area contributed by atoms with Crippen molar-refractivity contribution in [2.75, 3.05) is 7.05 Å². The molecule has 0 saturated carbocycles. The molecule has 0 bridgehead atoms. The largest absolute Gasteiger partial charge is 0.294 e. The van der Waals surface area contributed by atoms with Crippen LogP contribution in [0.2, 0.25) is 0 Å². The number of aromatic amines is 1. The fraction of sp³-hybridized carbons (Fsp3) is 0.316. The van der Waals surface area contributed by atoms with Crippen molar-refractivity contribution in [2.45, 2.75) is 33.4 Å². The molecular weight excluding hydrogens is 298 g/mol. The Labute approximate surface area is 142 Å². The van der Waals surface area contributed by atoms with Gasteiger partial charge in [0.05, 0.1) is 17.6 Å². The van der Waals surface area contributed by atoms with Crippen LogP contribution in [0.4, 0.5) is 0 Å². The molecule has 0 spiro atoms. The van der Waals surface area contributed by atoms with Gasteiger partial charge >= 0.3 is 0 Å². The van der Waals surface area contributed by atoms with Crippen molar-refractivity contribution in [3.63, 3.8) is 0 Å². The summed E-state index contributed by atoms with van der Waals surface area (Å²) in [6.45, 7) is 7.21. The van der Waals surface area contributed by atoms with Gasteiger partial charge in [-0.05, 0) is 51.1 Å². The Morgan fingerprint density at radius 3 is 2.71 bits per heavy atom. The van der Waals surface area contributed by atoms with E-state index in [2.05, 4.69) is 71.1 Å². The first-order valence-corrected chi connectivity index (χ1v) is 8.12. The number of aryl methyl sites for hydroxylation is 2. The van der Waals surface area contributed by atoms with Crippen LogP contribution in [0.25, 0.3) is 11.3 Å². The van der Waals surface area contributed by atoms with E-state index in [9.17, 15) is 0 Å². The fourth-order valence-corrected chi connectivity index (χ4v) is 2.76. The molecule has 0 fully saturated rings. The second-order valence-corrected chi connectivity index (χ2v) is 6.29. The Hall–Kier alpha value is -2.53. The maximum absolute atomic E-state index is 4.35. The molecule has 0 aliphatic rings. The molecular formula is C19H23N5. The summed E-state index contributed by atoms with van der Waals surface area (Å²) in [6, 6.07) is 8.67. The lowest BCUT2D eigenvalue weighted by molar-refractivity contribution is 0.249. The number of H-pyrrole nitrogens is 1. The standard InChI is InChI=1S/C19H23N5/c1-13-5-6-16(9-14(13)2)19-17(10-22-23-19)11-24(4)15(3)18-7-8-20-12-21-18/h5-10,12,15H,11H2,1-4H3,(H,22,23)/t15-/m0/s1. The molecule has 24 heavy (non-hydrogen) atoms. The highest BCUT2D eigenvalue weighted by atomic mass is 15.2. The Balaban J connectivity index is 1.81. The number of nitrogens with one attached hydrogen (secondary N) is 1. The first-order chi connectivity index (χ1) is 11.6. The summed E-state index contributed by atoms with van der Waals surface area (Å²) >= 11 is 0. The number of hydrogen-bond acceptors (Lipinski definition) is 4. The van der Waals surface area contributed by atoms with Gasteiger partial charge in [-0.25, -0.2) is 9.97 Å². The molecule has 0 aliphatic carbocycles. The quantitative estimate of drug-likeness (QED) is 0.779. The van der Waals surface area contributed by atoms with Crippen molar-refractivity contribution in [1.29, 1.82) is 0 Å². The smallest absolute Gasteiger partial charge is 0.115 e. The van der Waals surface area contributed by atoms with Gasteiger partial charge in [0.25, 0.3) is 0 Å². The number of nitrogens with zero attached hydrogens (tertiary/aromatic N) is 4. The van der Waals surface area contributed by atoms with Crippen LogP contribution in [0.15, 0.2) is 43.0 Å². The third-order valence-electron chi connectivity index (χ3n) is 4.63. The first-order valence-electron chi connectivity index (χ1n) is 8.12. The number of benzene rings is 1. The molecule has 0 unspecified atom stereocenters. The minimum atomic E-state index is 0.204. The molecule has 1 N–H and O–H groups in total. The van der Waals surface area contributed by atoms with Crippen LogP contribution in [0.3, 0.4) is 0 Å². The van der Waals surface area contributed by atoms with E-state index in [1.165, 1.54) is 22.3 Å². The van der Waals surface area contributed by atoms with Crippen molar-refractivity contribution in [2.24, 2.45) is 0 Å². The number of aromatic nitrogens is 4. The van der Waals surface area contributed by atoms with Gasteiger partial charge < -0.3 is 0 Å². The summed E-state index contributed by atoms with van der Waals surface area (Å²) in [5.41, 5.74) is 7.05. The topological polar surface area (TPSA) is 57.7 Å². The van der Waals surface area contributed by atoms with E-state index in [1.54, 1.807) is 12.5 Å². The van der Waals surface area contributed by atoms with Gasteiger partial charge in [-0.15, -0.1) is 0 Å². The number of hydrogen-bond donors (Lipinski definition) is 1. The van der Waals surface area contributed by atoms with E-state index in [4.69, 9.17) is 0 Å². The molecule has 2 heterocycles. The summed E-state index contributed by atoms with van der Waals surface area (Å²) in [5.74, 6) is 0. The molecule has 0 aliphatic heterocycles. The van der Waals surface area contributed by atoms with E-state index in [-0.39, 0.29) is 6.04 Å². The normalized spacial score (nSPS) is 12.5. The van der Waals surface area contributed by atoms with Gasteiger partial charge in [-0.1, -0.05) is 12.1 Å². The van der Waals surface area contributed by atoms with Gasteiger partial charge in [0, 0.05) is 29.9 Å². The van der Waals surface area contributed by atoms with Crippen LogP contribution in [0.5, 0.6) is 0 Å². The zero-order chi connectivity index (χ0) is 17.1. The second kappa shape index (κ2) is 6.93. The average Bonchev–Trinajstić information content (AvgIpc) is 3.05. The summed E-state index contributed by atoms with van der Waals surface area (Å²) in [4.78, 5) is 10.6. The molecule has 0 radical (unpaired) electrons. The SMILES string of the molecule is Cc1ccc(-c2[nH]ncc2CN(C)[C@@H](C)c2ccncn2)cc1C. The molecule has 5 nitrogen and oxygen atoms in total.